The summed E-state index contributed by atoms with van der Waals surface area (Å²) in [7, 11) is 1.52. The Bertz CT molecular complexity index is 777. The second-order valence-electron chi connectivity index (χ2n) is 5.56. The highest BCUT2D eigenvalue weighted by Crippen LogP contribution is 2.14. The smallest absolute Gasteiger partial charge is 0.326 e. The Kier molecular flexibility index (Phi) is 6.73. The topological polar surface area (TPSA) is 105 Å². The third-order valence-electron chi connectivity index (χ3n) is 3.65. The van der Waals surface area contributed by atoms with Crippen LogP contribution in [0, 0.1) is 0 Å². The van der Waals surface area contributed by atoms with Gasteiger partial charge in [0.05, 0.1) is 13.7 Å². The predicted octanol–water partition coefficient (Wildman–Crippen LogP) is 1.24. The Morgan fingerprint density at radius 3 is 2.46 bits per heavy atom. The number of hydrogen-bond donors (Lipinski definition) is 3. The molecule has 0 spiro atoms. The lowest BCUT2D eigenvalue weighted by atomic mass is 10.1. The van der Waals surface area contributed by atoms with Crippen molar-refractivity contribution >= 4 is 17.8 Å². The molecule has 0 aliphatic rings. The van der Waals surface area contributed by atoms with Crippen molar-refractivity contribution in [2.75, 3.05) is 13.7 Å². The quantitative estimate of drug-likeness (QED) is 0.660. The number of carboxylic acids is 1. The summed E-state index contributed by atoms with van der Waals surface area (Å²) in [6, 6.07) is 14.3. The Balaban J connectivity index is 1.91. The van der Waals surface area contributed by atoms with Gasteiger partial charge in [-0.15, -0.1) is 0 Å². The number of rotatable bonds is 8. The highest BCUT2D eigenvalue weighted by atomic mass is 16.5. The fourth-order valence-electron chi connectivity index (χ4n) is 2.33. The minimum Gasteiger partial charge on any atom is -0.497 e. The third-order valence-corrected chi connectivity index (χ3v) is 3.65. The summed E-state index contributed by atoms with van der Waals surface area (Å²) in [5, 5.41) is 14.2. The maximum absolute atomic E-state index is 12.0. The van der Waals surface area contributed by atoms with Crippen molar-refractivity contribution in [3.8, 4) is 5.75 Å². The Morgan fingerprint density at radius 1 is 1.08 bits per heavy atom. The molecule has 0 aliphatic heterocycles. The molecular weight excluding hydrogens is 336 g/mol. The second kappa shape index (κ2) is 9.22. The minimum absolute atomic E-state index is 0.102. The molecule has 2 rings (SSSR count). The van der Waals surface area contributed by atoms with Crippen LogP contribution in [0.15, 0.2) is 54.6 Å². The fraction of sp³-hybridized carbons (Fsp3) is 0.211. The number of aliphatic carboxylic acids is 1. The normalized spacial score (nSPS) is 11.3. The lowest BCUT2D eigenvalue weighted by Gasteiger charge is -2.15. The summed E-state index contributed by atoms with van der Waals surface area (Å²) in [5.74, 6) is -1.53. The molecule has 0 saturated carbocycles. The van der Waals surface area contributed by atoms with E-state index in [0.29, 0.717) is 16.9 Å². The van der Waals surface area contributed by atoms with Gasteiger partial charge in [0.15, 0.2) is 0 Å². The van der Waals surface area contributed by atoms with E-state index in [2.05, 4.69) is 10.6 Å². The molecule has 0 radical (unpaired) electrons. The van der Waals surface area contributed by atoms with Crippen molar-refractivity contribution in [2.45, 2.75) is 12.5 Å². The van der Waals surface area contributed by atoms with Gasteiger partial charge in [-0.05, 0) is 29.8 Å². The van der Waals surface area contributed by atoms with Crippen molar-refractivity contribution in [1.29, 1.82) is 0 Å². The molecule has 0 bridgehead atoms. The number of nitrogens with one attached hydrogen (secondary N) is 2. The zero-order valence-corrected chi connectivity index (χ0v) is 14.3. The van der Waals surface area contributed by atoms with Gasteiger partial charge in [-0.3, -0.25) is 9.59 Å². The van der Waals surface area contributed by atoms with Crippen molar-refractivity contribution in [2.24, 2.45) is 0 Å². The van der Waals surface area contributed by atoms with Crippen LogP contribution in [0.2, 0.25) is 0 Å². The first-order chi connectivity index (χ1) is 12.5. The summed E-state index contributed by atoms with van der Waals surface area (Å²) in [6.07, 6.45) is 0.102. The number of ether oxygens (including phenoxy) is 1. The number of amides is 2. The Hall–Kier alpha value is -3.35. The molecule has 0 heterocycles. The molecule has 0 aliphatic carbocycles. The van der Waals surface area contributed by atoms with Gasteiger partial charge in [0.1, 0.15) is 11.8 Å². The van der Waals surface area contributed by atoms with Gasteiger partial charge in [0.2, 0.25) is 5.91 Å². The van der Waals surface area contributed by atoms with E-state index in [1.807, 2.05) is 0 Å². The van der Waals surface area contributed by atoms with Crippen LogP contribution in [-0.4, -0.2) is 42.6 Å². The molecule has 7 nitrogen and oxygen atoms in total. The summed E-state index contributed by atoms with van der Waals surface area (Å²) < 4.78 is 5.10. The van der Waals surface area contributed by atoms with Crippen LogP contribution >= 0.6 is 0 Å². The summed E-state index contributed by atoms with van der Waals surface area (Å²) in [5.41, 5.74) is 1.14. The number of methoxy groups -OCH3 is 1. The van der Waals surface area contributed by atoms with Crippen LogP contribution in [0.5, 0.6) is 5.75 Å². The zero-order chi connectivity index (χ0) is 18.9. The number of benzene rings is 2. The van der Waals surface area contributed by atoms with E-state index in [-0.39, 0.29) is 13.0 Å². The van der Waals surface area contributed by atoms with E-state index >= 15 is 0 Å². The van der Waals surface area contributed by atoms with Gasteiger partial charge in [-0.1, -0.05) is 30.3 Å². The molecule has 7 heteroatoms. The van der Waals surface area contributed by atoms with Crippen LogP contribution in [0.4, 0.5) is 0 Å². The third kappa shape index (κ3) is 5.62. The minimum atomic E-state index is -1.16. The highest BCUT2D eigenvalue weighted by Gasteiger charge is 2.21. The van der Waals surface area contributed by atoms with E-state index in [9.17, 15) is 19.5 Å². The highest BCUT2D eigenvalue weighted by molar-refractivity contribution is 5.96. The SMILES string of the molecule is COc1cccc(C[C@@H](NC(=O)CNC(=O)c2ccccc2)C(=O)O)c1. The van der Waals surface area contributed by atoms with Crippen molar-refractivity contribution in [3.05, 3.63) is 65.7 Å². The van der Waals surface area contributed by atoms with E-state index in [0.717, 1.165) is 0 Å². The van der Waals surface area contributed by atoms with E-state index in [1.54, 1.807) is 54.6 Å². The molecule has 0 saturated heterocycles. The lowest BCUT2D eigenvalue weighted by molar-refractivity contribution is -0.141. The summed E-state index contributed by atoms with van der Waals surface area (Å²) in [6.45, 7) is -0.310. The van der Waals surface area contributed by atoms with Gasteiger partial charge >= 0.3 is 5.97 Å². The zero-order valence-electron chi connectivity index (χ0n) is 14.3. The molecule has 0 unspecified atom stereocenters. The number of hydrogen-bond acceptors (Lipinski definition) is 4. The van der Waals surface area contributed by atoms with Crippen LogP contribution in [0.25, 0.3) is 0 Å². The van der Waals surface area contributed by atoms with E-state index in [1.165, 1.54) is 7.11 Å². The molecule has 2 aromatic carbocycles. The number of carbonyl (C=O) groups is 3. The molecule has 1 atom stereocenters. The average Bonchev–Trinajstić information content (AvgIpc) is 2.66. The van der Waals surface area contributed by atoms with Crippen LogP contribution in [-0.2, 0) is 16.0 Å². The molecule has 0 aromatic heterocycles. The molecule has 136 valence electrons. The van der Waals surface area contributed by atoms with Crippen molar-refractivity contribution in [1.82, 2.24) is 10.6 Å². The lowest BCUT2D eigenvalue weighted by Crippen LogP contribution is -2.46. The number of carbonyl (C=O) groups excluding carboxylic acids is 2. The first-order valence-corrected chi connectivity index (χ1v) is 7.98. The maximum atomic E-state index is 12.0. The van der Waals surface area contributed by atoms with E-state index < -0.39 is 23.8 Å². The molecule has 0 fully saturated rings. The Labute approximate surface area is 151 Å². The van der Waals surface area contributed by atoms with Gasteiger partial charge in [-0.2, -0.15) is 0 Å². The first kappa shape index (κ1) is 19.0. The fourth-order valence-corrected chi connectivity index (χ4v) is 2.33. The Morgan fingerprint density at radius 2 is 1.81 bits per heavy atom. The molecule has 26 heavy (non-hydrogen) atoms. The molecule has 3 N–H and O–H groups in total. The molecule has 2 aromatic rings. The van der Waals surface area contributed by atoms with Gasteiger partial charge in [0, 0.05) is 12.0 Å². The van der Waals surface area contributed by atoms with Crippen molar-refractivity contribution in [3.63, 3.8) is 0 Å². The average molecular weight is 356 g/mol. The van der Waals surface area contributed by atoms with Crippen LogP contribution < -0.4 is 15.4 Å². The predicted molar refractivity (Wildman–Crippen MR) is 95.0 cm³/mol. The second-order valence-corrected chi connectivity index (χ2v) is 5.56. The van der Waals surface area contributed by atoms with Crippen LogP contribution in [0.1, 0.15) is 15.9 Å². The maximum Gasteiger partial charge on any atom is 0.326 e. The number of carboxylic acid groups (broad SMARTS) is 1. The molecular formula is C19H20N2O5. The van der Waals surface area contributed by atoms with Gasteiger partial charge < -0.3 is 20.5 Å². The summed E-state index contributed by atoms with van der Waals surface area (Å²) >= 11 is 0. The first-order valence-electron chi connectivity index (χ1n) is 7.98. The van der Waals surface area contributed by atoms with Crippen LogP contribution in [0.3, 0.4) is 0 Å². The standard InChI is InChI=1S/C19H20N2O5/c1-26-15-9-5-6-13(10-15)11-16(19(24)25)21-17(22)12-20-18(23)14-7-3-2-4-8-14/h2-10,16H,11-12H2,1H3,(H,20,23)(H,21,22)(H,24,25)/t16-/m1/s1. The van der Waals surface area contributed by atoms with Gasteiger partial charge in [0.25, 0.3) is 5.91 Å². The summed E-state index contributed by atoms with van der Waals surface area (Å²) in [4.78, 5) is 35.3. The van der Waals surface area contributed by atoms with Gasteiger partial charge in [-0.25, -0.2) is 4.79 Å². The van der Waals surface area contributed by atoms with E-state index in [4.69, 9.17) is 4.74 Å². The monoisotopic (exact) mass is 356 g/mol. The largest absolute Gasteiger partial charge is 0.497 e. The van der Waals surface area contributed by atoms with Crippen molar-refractivity contribution < 1.29 is 24.2 Å². The molecule has 2 amide bonds.